The molecule has 0 aliphatic heterocycles. The van der Waals surface area contributed by atoms with Crippen LogP contribution in [0.15, 0.2) is 6.20 Å². The summed E-state index contributed by atoms with van der Waals surface area (Å²) in [6.07, 6.45) is 1.14. The van der Waals surface area contributed by atoms with Crippen molar-refractivity contribution < 1.29 is 23.9 Å². The maximum Gasteiger partial charge on any atom is 0.413 e. The van der Waals surface area contributed by atoms with Crippen LogP contribution in [0.1, 0.15) is 46.4 Å². The lowest BCUT2D eigenvalue weighted by Crippen LogP contribution is -2.41. The highest BCUT2D eigenvalue weighted by molar-refractivity contribution is 7.15. The van der Waals surface area contributed by atoms with Gasteiger partial charge in [-0.3, -0.25) is 5.32 Å². The minimum Gasteiger partial charge on any atom is -0.444 e. The van der Waals surface area contributed by atoms with E-state index in [9.17, 15) is 14.4 Å². The first-order valence-electron chi connectivity index (χ1n) is 7.77. The first kappa shape index (κ1) is 20.9. The Kier molecular flexibility index (Phi) is 6.92. The number of thiazole rings is 1. The molecule has 1 aromatic rings. The lowest BCUT2D eigenvalue weighted by Gasteiger charge is -2.21. The molecule has 1 atom stereocenters. The smallest absolute Gasteiger partial charge is 0.413 e. The van der Waals surface area contributed by atoms with Crippen molar-refractivity contribution in [1.82, 2.24) is 10.3 Å². The number of nitrogens with one attached hydrogen (secondary N) is 2. The number of ether oxygens (including phenoxy) is 2. The van der Waals surface area contributed by atoms with Gasteiger partial charge in [0.25, 0.3) is 0 Å². The van der Waals surface area contributed by atoms with E-state index in [0.717, 1.165) is 4.88 Å². The van der Waals surface area contributed by atoms with Crippen molar-refractivity contribution in [2.45, 2.75) is 65.2 Å². The summed E-state index contributed by atoms with van der Waals surface area (Å²) in [6, 6.07) is -0.746. The number of nitrogens with zero attached hydrogens (tertiary/aromatic N) is 1. The van der Waals surface area contributed by atoms with E-state index in [-0.39, 0.29) is 6.42 Å². The van der Waals surface area contributed by atoms with Gasteiger partial charge < -0.3 is 19.6 Å². The SMILES string of the molecule is CC(C)(C)OC(=O)Nc1ncc(C[C@H](C=O)NC(=O)OC(C)(C)C)s1. The third-order valence-corrected chi connectivity index (χ3v) is 3.38. The number of amides is 2. The summed E-state index contributed by atoms with van der Waals surface area (Å²) in [4.78, 5) is 39.4. The molecule has 0 saturated heterocycles. The molecule has 1 rings (SSSR count). The first-order valence-corrected chi connectivity index (χ1v) is 8.59. The van der Waals surface area contributed by atoms with Gasteiger partial charge in [0.1, 0.15) is 17.5 Å². The number of alkyl carbamates (subject to hydrolysis) is 1. The Morgan fingerprint density at radius 3 is 2.24 bits per heavy atom. The van der Waals surface area contributed by atoms with Gasteiger partial charge in [-0.05, 0) is 41.5 Å². The Morgan fingerprint density at radius 1 is 1.16 bits per heavy atom. The van der Waals surface area contributed by atoms with Gasteiger partial charge in [0.2, 0.25) is 0 Å². The van der Waals surface area contributed by atoms with Crippen LogP contribution in [-0.2, 0) is 20.7 Å². The number of rotatable bonds is 5. The molecular weight excluding hydrogens is 346 g/mol. The minimum atomic E-state index is -0.746. The molecule has 140 valence electrons. The Balaban J connectivity index is 2.58. The molecule has 2 amide bonds. The average Bonchev–Trinajstić information content (AvgIpc) is 2.80. The van der Waals surface area contributed by atoms with Gasteiger partial charge >= 0.3 is 12.2 Å². The summed E-state index contributed by atoms with van der Waals surface area (Å²) in [6.45, 7) is 10.5. The minimum absolute atomic E-state index is 0.246. The number of aldehydes is 1. The van der Waals surface area contributed by atoms with Gasteiger partial charge in [0.05, 0.1) is 6.04 Å². The van der Waals surface area contributed by atoms with Crippen LogP contribution in [0.4, 0.5) is 14.7 Å². The lowest BCUT2D eigenvalue weighted by molar-refractivity contribution is -0.109. The molecule has 0 aliphatic carbocycles. The molecule has 0 fully saturated rings. The van der Waals surface area contributed by atoms with Gasteiger partial charge in [-0.1, -0.05) is 0 Å². The average molecular weight is 371 g/mol. The number of aromatic nitrogens is 1. The molecule has 0 unspecified atom stereocenters. The maximum atomic E-state index is 11.7. The Bertz CT molecular complexity index is 616. The van der Waals surface area contributed by atoms with Crippen molar-refractivity contribution in [3.05, 3.63) is 11.1 Å². The van der Waals surface area contributed by atoms with Gasteiger partial charge in [0.15, 0.2) is 5.13 Å². The van der Waals surface area contributed by atoms with E-state index in [1.54, 1.807) is 41.5 Å². The summed E-state index contributed by atoms with van der Waals surface area (Å²) in [5.74, 6) is 0. The van der Waals surface area contributed by atoms with Gasteiger partial charge in [-0.2, -0.15) is 0 Å². The molecule has 8 nitrogen and oxygen atoms in total. The largest absolute Gasteiger partial charge is 0.444 e. The van der Waals surface area contributed by atoms with Crippen LogP contribution in [-0.4, -0.2) is 40.7 Å². The van der Waals surface area contributed by atoms with E-state index in [2.05, 4.69) is 15.6 Å². The molecule has 0 saturated carbocycles. The van der Waals surface area contributed by atoms with E-state index in [4.69, 9.17) is 9.47 Å². The monoisotopic (exact) mass is 371 g/mol. The summed E-state index contributed by atoms with van der Waals surface area (Å²) >= 11 is 1.20. The van der Waals surface area contributed by atoms with Crippen LogP contribution in [0.5, 0.6) is 0 Å². The number of hydrogen-bond acceptors (Lipinski definition) is 7. The molecule has 0 bridgehead atoms. The zero-order valence-corrected chi connectivity index (χ0v) is 16.2. The van der Waals surface area contributed by atoms with Crippen molar-refractivity contribution in [1.29, 1.82) is 0 Å². The van der Waals surface area contributed by atoms with Crippen molar-refractivity contribution in [2.75, 3.05) is 5.32 Å². The van der Waals surface area contributed by atoms with Crippen LogP contribution in [0.2, 0.25) is 0 Å². The summed E-state index contributed by atoms with van der Waals surface area (Å²) in [5.41, 5.74) is -1.25. The predicted molar refractivity (Wildman–Crippen MR) is 94.9 cm³/mol. The highest BCUT2D eigenvalue weighted by Crippen LogP contribution is 2.20. The van der Waals surface area contributed by atoms with Crippen LogP contribution in [0.25, 0.3) is 0 Å². The van der Waals surface area contributed by atoms with Gasteiger partial charge in [-0.15, -0.1) is 11.3 Å². The Morgan fingerprint density at radius 2 is 1.72 bits per heavy atom. The van der Waals surface area contributed by atoms with Crippen LogP contribution in [0.3, 0.4) is 0 Å². The molecule has 0 aromatic carbocycles. The molecule has 25 heavy (non-hydrogen) atoms. The normalized spacial score (nSPS) is 12.9. The Hall–Kier alpha value is -2.16. The zero-order valence-electron chi connectivity index (χ0n) is 15.3. The summed E-state index contributed by atoms with van der Waals surface area (Å²) in [5, 5.41) is 5.37. The highest BCUT2D eigenvalue weighted by Gasteiger charge is 2.21. The topological polar surface area (TPSA) is 107 Å². The second-order valence-corrected chi connectivity index (χ2v) is 8.47. The fourth-order valence-corrected chi connectivity index (χ4v) is 2.52. The molecule has 1 heterocycles. The fourth-order valence-electron chi connectivity index (χ4n) is 1.66. The van der Waals surface area contributed by atoms with Crippen LogP contribution in [0, 0.1) is 0 Å². The molecular formula is C16H25N3O5S. The summed E-state index contributed by atoms with van der Waals surface area (Å²) < 4.78 is 10.3. The number of carbonyl (C=O) groups excluding carboxylic acids is 3. The number of carbonyl (C=O) groups is 3. The molecule has 0 aliphatic rings. The second-order valence-electron chi connectivity index (χ2n) is 7.35. The molecule has 1 aromatic heterocycles. The van der Waals surface area contributed by atoms with Crippen LogP contribution >= 0.6 is 11.3 Å². The van der Waals surface area contributed by atoms with Gasteiger partial charge in [0, 0.05) is 17.5 Å². The van der Waals surface area contributed by atoms with E-state index in [1.165, 1.54) is 17.5 Å². The van der Waals surface area contributed by atoms with E-state index < -0.39 is 29.4 Å². The van der Waals surface area contributed by atoms with E-state index in [1.807, 2.05) is 0 Å². The zero-order chi connectivity index (χ0) is 19.3. The highest BCUT2D eigenvalue weighted by atomic mass is 32.1. The number of anilines is 1. The quantitative estimate of drug-likeness (QED) is 0.770. The van der Waals surface area contributed by atoms with Gasteiger partial charge in [-0.25, -0.2) is 14.6 Å². The summed E-state index contributed by atoms with van der Waals surface area (Å²) in [7, 11) is 0. The maximum absolute atomic E-state index is 11.7. The number of hydrogen-bond donors (Lipinski definition) is 2. The van der Waals surface area contributed by atoms with Crippen molar-refractivity contribution in [2.24, 2.45) is 0 Å². The first-order chi connectivity index (χ1) is 11.4. The Labute approximate surface area is 151 Å². The molecule has 9 heteroatoms. The second kappa shape index (κ2) is 8.28. The van der Waals surface area contributed by atoms with E-state index in [0.29, 0.717) is 11.4 Å². The van der Waals surface area contributed by atoms with Crippen molar-refractivity contribution >= 4 is 34.9 Å². The van der Waals surface area contributed by atoms with Crippen molar-refractivity contribution in [3.8, 4) is 0 Å². The predicted octanol–water partition coefficient (Wildman–Crippen LogP) is 3.12. The van der Waals surface area contributed by atoms with Crippen LogP contribution < -0.4 is 10.6 Å². The van der Waals surface area contributed by atoms with Crippen molar-refractivity contribution in [3.63, 3.8) is 0 Å². The molecule has 0 spiro atoms. The third-order valence-electron chi connectivity index (χ3n) is 2.45. The fraction of sp³-hybridized carbons (Fsp3) is 0.625. The third kappa shape index (κ3) is 9.04. The molecule has 0 radical (unpaired) electrons. The molecule has 2 N–H and O–H groups in total. The lowest BCUT2D eigenvalue weighted by atomic mass is 10.2. The standard InChI is InChI=1S/C16H25N3O5S/c1-15(2,3)23-13(21)18-10(9-20)7-11-8-17-12(25-11)19-14(22)24-16(4,5)6/h8-10H,7H2,1-6H3,(H,18,21)(H,17,19,22)/t10-/m1/s1. The van der Waals surface area contributed by atoms with E-state index >= 15 is 0 Å².